The van der Waals surface area contributed by atoms with Gasteiger partial charge in [0.2, 0.25) is 5.91 Å². The standard InChI is InChI=1S/C28H30N2O4.C3H6O.CH3F/c1-2-3-9-27(32)30-26-17-16-24(19-29-26)21-12-14-22(15-13-21)25(31)18-23(28(33)34)11-10-20-7-5-4-6-8-20;1-3(2)4;1-2/h4-8,12-17,19,23H,2-3,9-11,18H2,1H3,(H,33,34)(H,29,30,32);1-2H3;1H3. The van der Waals surface area contributed by atoms with Crippen LogP contribution in [0.1, 0.15) is 68.8 Å². The number of rotatable bonds is 12. The number of anilines is 1. The van der Waals surface area contributed by atoms with Gasteiger partial charge in [0.1, 0.15) is 11.6 Å². The minimum absolute atomic E-state index is 0.0322. The van der Waals surface area contributed by atoms with Gasteiger partial charge in [-0.3, -0.25) is 18.8 Å². The highest BCUT2D eigenvalue weighted by Crippen LogP contribution is 2.22. The van der Waals surface area contributed by atoms with Crippen LogP contribution in [-0.2, 0) is 20.8 Å². The number of hydrogen-bond donors (Lipinski definition) is 2. The molecule has 0 aliphatic rings. The number of ketones is 2. The number of pyridine rings is 1. The van der Waals surface area contributed by atoms with Gasteiger partial charge in [-0.15, -0.1) is 0 Å². The zero-order valence-electron chi connectivity index (χ0n) is 23.7. The fraction of sp³-hybridized carbons (Fsp3) is 0.344. The number of nitrogens with zero attached hydrogens (tertiary/aromatic N) is 1. The second-order valence-corrected chi connectivity index (χ2v) is 9.26. The SMILES string of the molecule is CC(C)=O.CCCCC(=O)Nc1ccc(-c2ccc(C(=O)CC(CCc3ccccc3)C(=O)O)cc2)cn1.CF. The first-order valence-electron chi connectivity index (χ1n) is 13.2. The number of alkyl halides is 1. The number of carboxylic acid groups (broad SMARTS) is 1. The molecule has 1 unspecified atom stereocenters. The lowest BCUT2D eigenvalue weighted by molar-refractivity contribution is -0.141. The molecule has 0 bridgehead atoms. The van der Waals surface area contributed by atoms with E-state index in [0.717, 1.165) is 29.5 Å². The number of unbranched alkanes of at least 4 members (excludes halogenated alkanes) is 1. The number of nitrogens with one attached hydrogen (secondary N) is 1. The quantitative estimate of drug-likeness (QED) is 0.236. The maximum absolute atomic E-state index is 12.7. The van der Waals surface area contributed by atoms with E-state index < -0.39 is 11.9 Å². The summed E-state index contributed by atoms with van der Waals surface area (Å²) in [6.07, 6.45) is 4.95. The Morgan fingerprint density at radius 1 is 0.900 bits per heavy atom. The van der Waals surface area contributed by atoms with Gasteiger partial charge in [-0.1, -0.05) is 67.9 Å². The summed E-state index contributed by atoms with van der Waals surface area (Å²) >= 11 is 0. The highest BCUT2D eigenvalue weighted by atomic mass is 19.1. The summed E-state index contributed by atoms with van der Waals surface area (Å²) in [7, 11) is 0.500. The van der Waals surface area contributed by atoms with Crippen molar-refractivity contribution in [3.05, 3.63) is 84.1 Å². The smallest absolute Gasteiger partial charge is 0.306 e. The topological polar surface area (TPSA) is 113 Å². The molecule has 8 heteroatoms. The third-order valence-corrected chi connectivity index (χ3v) is 5.73. The lowest BCUT2D eigenvalue weighted by Crippen LogP contribution is -2.19. The molecule has 0 aliphatic carbocycles. The van der Waals surface area contributed by atoms with Crippen molar-refractivity contribution < 1.29 is 28.7 Å². The lowest BCUT2D eigenvalue weighted by Gasteiger charge is -2.12. The van der Waals surface area contributed by atoms with Gasteiger partial charge in [0, 0.05) is 30.2 Å². The van der Waals surface area contributed by atoms with Crippen molar-refractivity contribution in [2.24, 2.45) is 5.92 Å². The van der Waals surface area contributed by atoms with Crippen molar-refractivity contribution in [2.75, 3.05) is 12.5 Å². The predicted octanol–water partition coefficient (Wildman–Crippen LogP) is 6.96. The van der Waals surface area contributed by atoms with Gasteiger partial charge < -0.3 is 15.2 Å². The number of carboxylic acids is 1. The molecule has 0 fully saturated rings. The van der Waals surface area contributed by atoms with Crippen LogP contribution in [-0.4, -0.2) is 40.7 Å². The number of aromatic nitrogens is 1. The maximum Gasteiger partial charge on any atom is 0.306 e. The van der Waals surface area contributed by atoms with E-state index >= 15 is 0 Å². The van der Waals surface area contributed by atoms with Crippen molar-refractivity contribution in [2.45, 2.75) is 59.3 Å². The Balaban J connectivity index is 0.00000122. The van der Waals surface area contributed by atoms with Crippen LogP contribution in [0.4, 0.5) is 10.2 Å². The molecule has 7 nitrogen and oxygen atoms in total. The highest BCUT2D eigenvalue weighted by Gasteiger charge is 2.22. The van der Waals surface area contributed by atoms with Crippen LogP contribution in [0.5, 0.6) is 0 Å². The van der Waals surface area contributed by atoms with Crippen molar-refractivity contribution >= 4 is 29.3 Å². The molecule has 214 valence electrons. The number of hydrogen-bond acceptors (Lipinski definition) is 5. The molecule has 2 aromatic carbocycles. The molecular formula is C32H39FN2O5. The van der Waals surface area contributed by atoms with Gasteiger partial charge in [0.15, 0.2) is 5.78 Å². The van der Waals surface area contributed by atoms with E-state index in [4.69, 9.17) is 0 Å². The summed E-state index contributed by atoms with van der Waals surface area (Å²) in [6.45, 7) is 5.09. The van der Waals surface area contributed by atoms with Crippen LogP contribution in [0.25, 0.3) is 11.1 Å². The van der Waals surface area contributed by atoms with Gasteiger partial charge >= 0.3 is 5.97 Å². The van der Waals surface area contributed by atoms with Crippen molar-refractivity contribution in [3.63, 3.8) is 0 Å². The summed E-state index contributed by atoms with van der Waals surface area (Å²) in [4.78, 5) is 50.0. The molecule has 1 aromatic heterocycles. The second kappa shape index (κ2) is 19.0. The van der Waals surface area contributed by atoms with Crippen LogP contribution in [0.3, 0.4) is 0 Å². The zero-order valence-corrected chi connectivity index (χ0v) is 23.7. The van der Waals surface area contributed by atoms with E-state index in [0.29, 0.717) is 37.8 Å². The number of Topliss-reactive ketones (excluding diaryl/α,β-unsaturated/α-hetero) is 2. The Morgan fingerprint density at radius 3 is 2.02 bits per heavy atom. The van der Waals surface area contributed by atoms with Gasteiger partial charge in [-0.05, 0) is 56.4 Å². The minimum atomic E-state index is -0.950. The van der Waals surface area contributed by atoms with Crippen LogP contribution in [0.2, 0.25) is 0 Å². The van der Waals surface area contributed by atoms with Gasteiger partial charge in [0.05, 0.1) is 13.1 Å². The van der Waals surface area contributed by atoms with Crippen molar-refractivity contribution in [3.8, 4) is 11.1 Å². The average Bonchev–Trinajstić information content (AvgIpc) is 2.95. The molecule has 3 aromatic rings. The maximum atomic E-state index is 12.7. The molecule has 0 radical (unpaired) electrons. The number of aryl methyl sites for hydroxylation is 1. The Kier molecular flexibility index (Phi) is 16.0. The Morgan fingerprint density at radius 2 is 1.50 bits per heavy atom. The van der Waals surface area contributed by atoms with E-state index in [-0.39, 0.29) is 23.9 Å². The Bertz CT molecular complexity index is 1190. The van der Waals surface area contributed by atoms with Crippen molar-refractivity contribution in [1.29, 1.82) is 0 Å². The molecule has 40 heavy (non-hydrogen) atoms. The fourth-order valence-corrected chi connectivity index (χ4v) is 3.67. The predicted molar refractivity (Wildman–Crippen MR) is 156 cm³/mol. The Labute approximate surface area is 235 Å². The number of amides is 1. The highest BCUT2D eigenvalue weighted by molar-refractivity contribution is 5.98. The zero-order chi connectivity index (χ0) is 29.9. The summed E-state index contributed by atoms with van der Waals surface area (Å²) in [6, 6.07) is 20.4. The van der Waals surface area contributed by atoms with E-state index in [1.165, 1.54) is 13.8 Å². The first-order chi connectivity index (χ1) is 19.2. The summed E-state index contributed by atoms with van der Waals surface area (Å²) in [5.74, 6) is -1.24. The number of aliphatic carboxylic acids is 1. The molecule has 0 aliphatic heterocycles. The van der Waals surface area contributed by atoms with Crippen LogP contribution >= 0.6 is 0 Å². The molecule has 1 amide bonds. The first kappa shape index (κ1) is 33.8. The number of carbonyl (C=O) groups excluding carboxylic acids is 3. The van der Waals surface area contributed by atoms with Gasteiger partial charge in [0.25, 0.3) is 0 Å². The number of carbonyl (C=O) groups is 4. The van der Waals surface area contributed by atoms with Crippen LogP contribution < -0.4 is 5.32 Å². The first-order valence-corrected chi connectivity index (χ1v) is 13.2. The van der Waals surface area contributed by atoms with E-state index in [1.807, 2.05) is 55.5 Å². The third-order valence-electron chi connectivity index (χ3n) is 5.73. The molecular weight excluding hydrogens is 511 g/mol. The van der Waals surface area contributed by atoms with E-state index in [2.05, 4.69) is 10.3 Å². The molecule has 1 atom stereocenters. The third kappa shape index (κ3) is 13.0. The fourth-order valence-electron chi connectivity index (χ4n) is 3.67. The lowest BCUT2D eigenvalue weighted by atomic mass is 9.92. The van der Waals surface area contributed by atoms with Crippen LogP contribution in [0.15, 0.2) is 72.9 Å². The number of halogens is 1. The second-order valence-electron chi connectivity index (χ2n) is 9.26. The largest absolute Gasteiger partial charge is 0.481 e. The summed E-state index contributed by atoms with van der Waals surface area (Å²) in [5, 5.41) is 12.4. The molecule has 0 saturated carbocycles. The Hall–Kier alpha value is -4.20. The van der Waals surface area contributed by atoms with Crippen LogP contribution in [0, 0.1) is 5.92 Å². The van der Waals surface area contributed by atoms with E-state index in [1.54, 1.807) is 24.4 Å². The number of benzene rings is 2. The molecule has 3 rings (SSSR count). The molecule has 1 heterocycles. The summed E-state index contributed by atoms with van der Waals surface area (Å²) in [5.41, 5.74) is 3.29. The monoisotopic (exact) mass is 550 g/mol. The average molecular weight is 551 g/mol. The molecule has 2 N–H and O–H groups in total. The minimum Gasteiger partial charge on any atom is -0.481 e. The van der Waals surface area contributed by atoms with Gasteiger partial charge in [-0.2, -0.15) is 0 Å². The van der Waals surface area contributed by atoms with Crippen molar-refractivity contribution in [1.82, 2.24) is 4.98 Å². The molecule has 0 saturated heterocycles. The summed E-state index contributed by atoms with van der Waals surface area (Å²) < 4.78 is 9.50. The van der Waals surface area contributed by atoms with E-state index in [9.17, 15) is 28.7 Å². The van der Waals surface area contributed by atoms with Gasteiger partial charge in [-0.25, -0.2) is 4.98 Å². The molecule has 0 spiro atoms. The normalized spacial score (nSPS) is 10.6.